The van der Waals surface area contributed by atoms with Crippen molar-refractivity contribution in [2.45, 2.75) is 45.3 Å². The van der Waals surface area contributed by atoms with Gasteiger partial charge < -0.3 is 14.4 Å². The van der Waals surface area contributed by atoms with E-state index in [9.17, 15) is 4.79 Å². The largest absolute Gasteiger partial charge is 0.444 e. The number of carbonyl (C=O) groups is 1. The monoisotopic (exact) mass is 339 g/mol. The highest BCUT2D eigenvalue weighted by Gasteiger charge is 2.32. The minimum atomic E-state index is -0.475. The summed E-state index contributed by atoms with van der Waals surface area (Å²) in [5.74, 6) is 0.236. The standard InChI is InChI=1S/C18H26ClNO3/c1-18(2,3)23-17(21)20-10-6-8-14(12-20)16(22-4)13-7-5-9-15(19)11-13/h5,7,9,11,14,16H,6,8,10,12H2,1-4H3/t14-,16-/m1/s1. The number of hydrogen-bond donors (Lipinski definition) is 0. The fraction of sp³-hybridized carbons (Fsp3) is 0.611. The van der Waals surface area contributed by atoms with E-state index in [4.69, 9.17) is 21.1 Å². The number of carbonyl (C=O) groups excluding carboxylic acids is 1. The molecule has 1 saturated heterocycles. The van der Waals surface area contributed by atoms with Crippen LogP contribution in [0.25, 0.3) is 0 Å². The van der Waals surface area contributed by atoms with E-state index >= 15 is 0 Å². The van der Waals surface area contributed by atoms with E-state index in [1.807, 2.05) is 45.0 Å². The zero-order valence-corrected chi connectivity index (χ0v) is 15.1. The van der Waals surface area contributed by atoms with Gasteiger partial charge >= 0.3 is 6.09 Å². The molecular weight excluding hydrogens is 314 g/mol. The molecule has 0 radical (unpaired) electrons. The first-order valence-electron chi connectivity index (χ1n) is 8.06. The average molecular weight is 340 g/mol. The van der Waals surface area contributed by atoms with Crippen molar-refractivity contribution in [3.63, 3.8) is 0 Å². The molecule has 0 aromatic heterocycles. The van der Waals surface area contributed by atoms with Crippen molar-refractivity contribution in [1.82, 2.24) is 4.90 Å². The van der Waals surface area contributed by atoms with Crippen LogP contribution in [0.3, 0.4) is 0 Å². The summed E-state index contributed by atoms with van der Waals surface area (Å²) in [7, 11) is 1.71. The van der Waals surface area contributed by atoms with Crippen LogP contribution in [0.4, 0.5) is 4.79 Å². The molecule has 1 aliphatic heterocycles. The number of hydrogen-bond acceptors (Lipinski definition) is 3. The lowest BCUT2D eigenvalue weighted by Crippen LogP contribution is -2.44. The van der Waals surface area contributed by atoms with Crippen LogP contribution in [0.15, 0.2) is 24.3 Å². The molecule has 1 heterocycles. The lowest BCUT2D eigenvalue weighted by atomic mass is 9.88. The fourth-order valence-electron chi connectivity index (χ4n) is 3.03. The van der Waals surface area contributed by atoms with Crippen LogP contribution in [0, 0.1) is 5.92 Å². The van der Waals surface area contributed by atoms with Gasteiger partial charge in [-0.15, -0.1) is 0 Å². The lowest BCUT2D eigenvalue weighted by molar-refractivity contribution is -0.00891. The molecule has 0 bridgehead atoms. The molecule has 0 saturated carbocycles. The topological polar surface area (TPSA) is 38.8 Å². The molecule has 0 aliphatic carbocycles. The van der Waals surface area contributed by atoms with Crippen molar-refractivity contribution >= 4 is 17.7 Å². The molecule has 0 N–H and O–H groups in total. The maximum Gasteiger partial charge on any atom is 0.410 e. The van der Waals surface area contributed by atoms with E-state index < -0.39 is 5.60 Å². The van der Waals surface area contributed by atoms with E-state index in [0.717, 1.165) is 24.9 Å². The van der Waals surface area contributed by atoms with E-state index in [1.54, 1.807) is 12.0 Å². The number of likely N-dealkylation sites (tertiary alicyclic amines) is 1. The van der Waals surface area contributed by atoms with Gasteiger partial charge in [0.25, 0.3) is 0 Å². The highest BCUT2D eigenvalue weighted by molar-refractivity contribution is 6.30. The van der Waals surface area contributed by atoms with Crippen molar-refractivity contribution in [1.29, 1.82) is 0 Å². The van der Waals surface area contributed by atoms with Crippen molar-refractivity contribution in [3.8, 4) is 0 Å². The van der Waals surface area contributed by atoms with Crippen LogP contribution < -0.4 is 0 Å². The van der Waals surface area contributed by atoms with E-state index in [1.165, 1.54) is 0 Å². The lowest BCUT2D eigenvalue weighted by Gasteiger charge is -2.37. The Kier molecular flexibility index (Phi) is 5.93. The Bertz CT molecular complexity index is 541. The molecule has 0 spiro atoms. The van der Waals surface area contributed by atoms with Crippen molar-refractivity contribution in [2.24, 2.45) is 5.92 Å². The zero-order chi connectivity index (χ0) is 17.0. The molecule has 1 amide bonds. The second kappa shape index (κ2) is 7.54. The van der Waals surface area contributed by atoms with Crippen molar-refractivity contribution in [2.75, 3.05) is 20.2 Å². The van der Waals surface area contributed by atoms with Crippen LogP contribution in [0.1, 0.15) is 45.3 Å². The number of benzene rings is 1. The van der Waals surface area contributed by atoms with Crippen LogP contribution in [0.2, 0.25) is 5.02 Å². The first kappa shape index (κ1) is 18.1. The predicted molar refractivity (Wildman–Crippen MR) is 91.7 cm³/mol. The highest BCUT2D eigenvalue weighted by atomic mass is 35.5. The minimum Gasteiger partial charge on any atom is -0.444 e. The summed E-state index contributed by atoms with van der Waals surface area (Å²) >= 11 is 6.10. The maximum absolute atomic E-state index is 12.3. The first-order valence-corrected chi connectivity index (χ1v) is 8.44. The Hall–Kier alpha value is -1.26. The number of amides is 1. The van der Waals surface area contributed by atoms with Crippen LogP contribution in [-0.2, 0) is 9.47 Å². The Morgan fingerprint density at radius 2 is 2.13 bits per heavy atom. The molecular formula is C18H26ClNO3. The SMILES string of the molecule is CO[C@H](c1cccc(Cl)c1)[C@@H]1CCCN(C(=O)OC(C)(C)C)C1. The van der Waals surface area contributed by atoms with Gasteiger partial charge in [-0.2, -0.15) is 0 Å². The normalized spacial score (nSPS) is 20.2. The number of piperidine rings is 1. The van der Waals surface area contributed by atoms with E-state index in [0.29, 0.717) is 11.6 Å². The molecule has 1 aliphatic rings. The predicted octanol–water partition coefficient (Wildman–Crippen LogP) is 4.67. The summed E-state index contributed by atoms with van der Waals surface area (Å²) in [6, 6.07) is 7.73. The molecule has 1 aromatic rings. The first-order chi connectivity index (χ1) is 10.8. The Morgan fingerprint density at radius 1 is 1.39 bits per heavy atom. The van der Waals surface area contributed by atoms with Crippen LogP contribution in [0.5, 0.6) is 0 Å². The Morgan fingerprint density at radius 3 is 2.74 bits per heavy atom. The molecule has 1 aromatic carbocycles. The molecule has 2 rings (SSSR count). The number of rotatable bonds is 3. The highest BCUT2D eigenvalue weighted by Crippen LogP contribution is 2.33. The number of nitrogens with zero attached hydrogens (tertiary/aromatic N) is 1. The van der Waals surface area contributed by atoms with Crippen molar-refractivity contribution in [3.05, 3.63) is 34.9 Å². The minimum absolute atomic E-state index is 0.0704. The molecule has 0 unspecified atom stereocenters. The van der Waals surface area contributed by atoms with Crippen molar-refractivity contribution < 1.29 is 14.3 Å². The summed E-state index contributed by atoms with van der Waals surface area (Å²) < 4.78 is 11.2. The smallest absolute Gasteiger partial charge is 0.410 e. The molecule has 1 fully saturated rings. The van der Waals surface area contributed by atoms with Gasteiger partial charge in [0.2, 0.25) is 0 Å². The number of methoxy groups -OCH3 is 1. The summed E-state index contributed by atoms with van der Waals surface area (Å²) in [6.45, 7) is 7.03. The van der Waals surface area contributed by atoms with E-state index in [-0.39, 0.29) is 18.1 Å². The summed E-state index contributed by atoms with van der Waals surface area (Å²) in [4.78, 5) is 14.1. The Labute approximate surface area is 143 Å². The van der Waals surface area contributed by atoms with Gasteiger partial charge in [0.15, 0.2) is 0 Å². The van der Waals surface area contributed by atoms with Gasteiger partial charge in [-0.25, -0.2) is 4.79 Å². The molecule has 2 atom stereocenters. The van der Waals surface area contributed by atoms with Gasteiger partial charge in [0, 0.05) is 31.1 Å². The quantitative estimate of drug-likeness (QED) is 0.803. The molecule has 5 heteroatoms. The third-order valence-electron chi connectivity index (χ3n) is 3.97. The van der Waals surface area contributed by atoms with Gasteiger partial charge in [0.1, 0.15) is 5.60 Å². The van der Waals surface area contributed by atoms with Crippen LogP contribution >= 0.6 is 11.6 Å². The third kappa shape index (κ3) is 5.11. The average Bonchev–Trinajstić information content (AvgIpc) is 2.47. The summed E-state index contributed by atoms with van der Waals surface area (Å²) in [5.41, 5.74) is 0.577. The third-order valence-corrected chi connectivity index (χ3v) is 4.20. The molecule has 128 valence electrons. The summed E-state index contributed by atoms with van der Waals surface area (Å²) in [5, 5.41) is 0.698. The van der Waals surface area contributed by atoms with Gasteiger partial charge in [0.05, 0.1) is 6.10 Å². The van der Waals surface area contributed by atoms with E-state index in [2.05, 4.69) is 0 Å². The summed E-state index contributed by atoms with van der Waals surface area (Å²) in [6.07, 6.45) is 1.65. The number of ether oxygens (including phenoxy) is 2. The van der Waals surface area contributed by atoms with Gasteiger partial charge in [-0.3, -0.25) is 0 Å². The fourth-order valence-corrected chi connectivity index (χ4v) is 3.23. The second-order valence-electron chi connectivity index (χ2n) is 7.04. The Balaban J connectivity index is 2.08. The zero-order valence-electron chi connectivity index (χ0n) is 14.3. The maximum atomic E-state index is 12.3. The van der Waals surface area contributed by atoms with Gasteiger partial charge in [-0.1, -0.05) is 23.7 Å². The van der Waals surface area contributed by atoms with Crippen LogP contribution in [-0.4, -0.2) is 36.8 Å². The van der Waals surface area contributed by atoms with Gasteiger partial charge in [-0.05, 0) is 51.3 Å². The number of halogens is 1. The molecule has 23 heavy (non-hydrogen) atoms. The molecule has 4 nitrogen and oxygen atoms in total. The second-order valence-corrected chi connectivity index (χ2v) is 7.48.